The van der Waals surface area contributed by atoms with E-state index < -0.39 is 0 Å². The molecule has 21 heavy (non-hydrogen) atoms. The van der Waals surface area contributed by atoms with Gasteiger partial charge in [-0.1, -0.05) is 17.2 Å². The maximum Gasteiger partial charge on any atom is 0.166 e. The Morgan fingerprint density at radius 2 is 1.95 bits per heavy atom. The molecule has 1 aromatic carbocycles. The summed E-state index contributed by atoms with van der Waals surface area (Å²) in [5.74, 6) is 1.41. The third-order valence-electron chi connectivity index (χ3n) is 2.84. The molecule has 0 fully saturated rings. The lowest BCUT2D eigenvalue weighted by Crippen LogP contribution is -2.35. The molecule has 0 saturated heterocycles. The van der Waals surface area contributed by atoms with Crippen molar-refractivity contribution in [3.8, 4) is 11.5 Å². The molecule has 0 atom stereocenters. The topological polar surface area (TPSA) is 30.5 Å². The monoisotopic (exact) mass is 311 g/mol. The summed E-state index contributed by atoms with van der Waals surface area (Å²) in [5, 5.41) is 4.09. The molecule has 0 heterocycles. The van der Waals surface area contributed by atoms with Crippen molar-refractivity contribution in [2.75, 3.05) is 13.7 Å². The summed E-state index contributed by atoms with van der Waals surface area (Å²) in [4.78, 5) is 0. The first-order valence-corrected chi connectivity index (χ1v) is 7.48. The van der Waals surface area contributed by atoms with Gasteiger partial charge >= 0.3 is 0 Å². The number of methoxy groups -OCH3 is 1. The van der Waals surface area contributed by atoms with E-state index >= 15 is 0 Å². The number of benzene rings is 1. The molecule has 3 nitrogen and oxygen atoms in total. The van der Waals surface area contributed by atoms with Gasteiger partial charge in [-0.15, -0.1) is 0 Å². The molecule has 118 valence electrons. The third kappa shape index (κ3) is 6.40. The summed E-state index contributed by atoms with van der Waals surface area (Å²) in [6.45, 7) is 11.7. The van der Waals surface area contributed by atoms with Gasteiger partial charge in [-0.25, -0.2) is 0 Å². The van der Waals surface area contributed by atoms with Crippen molar-refractivity contribution in [2.45, 2.75) is 46.7 Å². The first-order valence-electron chi connectivity index (χ1n) is 7.10. The number of rotatable bonds is 6. The van der Waals surface area contributed by atoms with Crippen LogP contribution in [0.25, 0.3) is 0 Å². The fraction of sp³-hybridized carbons (Fsp3) is 0.529. The fourth-order valence-corrected chi connectivity index (χ4v) is 1.95. The lowest BCUT2D eigenvalue weighted by atomic mass is 10.1. The Hall–Kier alpha value is -1.19. The molecule has 1 aromatic rings. The van der Waals surface area contributed by atoms with Gasteiger partial charge in [0, 0.05) is 28.7 Å². The summed E-state index contributed by atoms with van der Waals surface area (Å²) in [6.07, 6.45) is 2.04. The normalized spacial score (nSPS) is 11.2. The molecule has 0 aliphatic heterocycles. The van der Waals surface area contributed by atoms with Crippen LogP contribution >= 0.6 is 11.6 Å². The second-order valence-electron chi connectivity index (χ2n) is 6.29. The summed E-state index contributed by atoms with van der Waals surface area (Å²) in [5.41, 5.74) is 2.24. The molecule has 1 rings (SSSR count). The van der Waals surface area contributed by atoms with Gasteiger partial charge in [0.2, 0.25) is 0 Å². The van der Waals surface area contributed by atoms with Crippen LogP contribution in [0.2, 0.25) is 5.02 Å². The Labute approximate surface area is 133 Å². The summed E-state index contributed by atoms with van der Waals surface area (Å²) >= 11 is 6.16. The lowest BCUT2D eigenvalue weighted by molar-refractivity contribution is 0.319. The van der Waals surface area contributed by atoms with Gasteiger partial charge in [0.25, 0.3) is 0 Å². The Morgan fingerprint density at radius 3 is 2.48 bits per heavy atom. The molecule has 0 saturated carbocycles. The SMILES string of the molecule is COc1cc(Cl)cc(CNC(C)(C)C)c1OCC=C(C)C. The summed E-state index contributed by atoms with van der Waals surface area (Å²) in [6, 6.07) is 3.70. The third-order valence-corrected chi connectivity index (χ3v) is 3.06. The van der Waals surface area contributed by atoms with E-state index in [-0.39, 0.29) is 5.54 Å². The van der Waals surface area contributed by atoms with Gasteiger partial charge in [0.05, 0.1) is 7.11 Å². The van der Waals surface area contributed by atoms with Crippen LogP contribution in [-0.2, 0) is 6.54 Å². The zero-order chi connectivity index (χ0) is 16.0. The molecule has 1 N–H and O–H groups in total. The molecular weight excluding hydrogens is 286 g/mol. The fourth-order valence-electron chi connectivity index (χ4n) is 1.72. The largest absolute Gasteiger partial charge is 0.493 e. The second kappa shape index (κ2) is 7.71. The quantitative estimate of drug-likeness (QED) is 0.780. The van der Waals surface area contributed by atoms with Gasteiger partial charge in [-0.05, 0) is 46.8 Å². The smallest absolute Gasteiger partial charge is 0.166 e. The van der Waals surface area contributed by atoms with E-state index in [1.165, 1.54) is 5.57 Å². The minimum absolute atomic E-state index is 0.0206. The van der Waals surface area contributed by atoms with Crippen LogP contribution in [0.3, 0.4) is 0 Å². The van der Waals surface area contributed by atoms with E-state index in [1.807, 2.05) is 26.0 Å². The zero-order valence-corrected chi connectivity index (χ0v) is 14.6. The van der Waals surface area contributed by atoms with Crippen molar-refractivity contribution in [3.63, 3.8) is 0 Å². The van der Waals surface area contributed by atoms with Crippen LogP contribution in [0.15, 0.2) is 23.8 Å². The van der Waals surface area contributed by atoms with Crippen molar-refractivity contribution >= 4 is 11.6 Å². The molecule has 0 unspecified atom stereocenters. The van der Waals surface area contributed by atoms with Crippen LogP contribution in [-0.4, -0.2) is 19.3 Å². The molecule has 0 aromatic heterocycles. The van der Waals surface area contributed by atoms with Gasteiger partial charge in [0.1, 0.15) is 6.61 Å². The molecule has 0 aliphatic carbocycles. The van der Waals surface area contributed by atoms with Crippen LogP contribution in [0.4, 0.5) is 0 Å². The number of nitrogens with one attached hydrogen (secondary N) is 1. The highest BCUT2D eigenvalue weighted by Crippen LogP contribution is 2.35. The van der Waals surface area contributed by atoms with Gasteiger partial charge in [-0.2, -0.15) is 0 Å². The van der Waals surface area contributed by atoms with Crippen molar-refractivity contribution < 1.29 is 9.47 Å². The van der Waals surface area contributed by atoms with E-state index in [4.69, 9.17) is 21.1 Å². The summed E-state index contributed by atoms with van der Waals surface area (Å²) in [7, 11) is 1.63. The van der Waals surface area contributed by atoms with Crippen molar-refractivity contribution in [3.05, 3.63) is 34.4 Å². The average molecular weight is 312 g/mol. The van der Waals surface area contributed by atoms with E-state index in [2.05, 4.69) is 26.1 Å². The molecular formula is C17H26ClNO2. The van der Waals surface area contributed by atoms with E-state index in [0.717, 1.165) is 11.3 Å². The van der Waals surface area contributed by atoms with Crippen molar-refractivity contribution in [1.29, 1.82) is 0 Å². The lowest BCUT2D eigenvalue weighted by Gasteiger charge is -2.22. The predicted octanol–water partition coefficient (Wildman–Crippen LogP) is 4.58. The van der Waals surface area contributed by atoms with Gasteiger partial charge < -0.3 is 14.8 Å². The highest BCUT2D eigenvalue weighted by molar-refractivity contribution is 6.30. The minimum Gasteiger partial charge on any atom is -0.493 e. The first kappa shape index (κ1) is 17.9. The maximum atomic E-state index is 6.16. The van der Waals surface area contributed by atoms with E-state index in [0.29, 0.717) is 23.9 Å². The van der Waals surface area contributed by atoms with Crippen LogP contribution in [0.1, 0.15) is 40.2 Å². The number of allylic oxidation sites excluding steroid dienone is 1. The maximum absolute atomic E-state index is 6.16. The number of hydrogen-bond acceptors (Lipinski definition) is 3. The molecule has 0 aliphatic rings. The highest BCUT2D eigenvalue weighted by atomic mass is 35.5. The number of hydrogen-bond donors (Lipinski definition) is 1. The zero-order valence-electron chi connectivity index (χ0n) is 13.8. The van der Waals surface area contributed by atoms with Crippen LogP contribution in [0.5, 0.6) is 11.5 Å². The Kier molecular flexibility index (Phi) is 6.56. The Morgan fingerprint density at radius 1 is 1.29 bits per heavy atom. The summed E-state index contributed by atoms with van der Waals surface area (Å²) < 4.78 is 11.3. The molecule has 0 radical (unpaired) electrons. The van der Waals surface area contributed by atoms with Crippen molar-refractivity contribution in [2.24, 2.45) is 0 Å². The molecule has 4 heteroatoms. The van der Waals surface area contributed by atoms with E-state index in [9.17, 15) is 0 Å². The second-order valence-corrected chi connectivity index (χ2v) is 6.73. The average Bonchev–Trinajstić information content (AvgIpc) is 2.36. The van der Waals surface area contributed by atoms with Gasteiger partial charge in [-0.3, -0.25) is 0 Å². The van der Waals surface area contributed by atoms with E-state index in [1.54, 1.807) is 13.2 Å². The minimum atomic E-state index is 0.0206. The van der Waals surface area contributed by atoms with Crippen molar-refractivity contribution in [1.82, 2.24) is 5.32 Å². The van der Waals surface area contributed by atoms with Crippen LogP contribution < -0.4 is 14.8 Å². The molecule has 0 amide bonds. The Bertz CT molecular complexity index is 500. The highest BCUT2D eigenvalue weighted by Gasteiger charge is 2.15. The van der Waals surface area contributed by atoms with Crippen LogP contribution in [0, 0.1) is 0 Å². The predicted molar refractivity (Wildman–Crippen MR) is 89.5 cm³/mol. The molecule has 0 spiro atoms. The molecule has 0 bridgehead atoms. The standard InChI is InChI=1S/C17H26ClNO2/c1-12(2)7-8-21-16-13(11-19-17(3,4)5)9-14(18)10-15(16)20-6/h7,9-10,19H,8,11H2,1-6H3. The Balaban J connectivity index is 3.02. The first-order chi connectivity index (χ1) is 9.73. The number of halogens is 1. The number of ether oxygens (including phenoxy) is 2. The van der Waals surface area contributed by atoms with Gasteiger partial charge in [0.15, 0.2) is 11.5 Å².